The zero-order valence-corrected chi connectivity index (χ0v) is 14.7. The third-order valence-electron chi connectivity index (χ3n) is 2.59. The Morgan fingerprint density at radius 3 is 2.15 bits per heavy atom. The third-order valence-corrected chi connectivity index (χ3v) is 7.91. The van der Waals surface area contributed by atoms with Gasteiger partial charge in [-0.15, -0.1) is 11.3 Å². The normalized spacial score (nSPS) is 12.6. The molecule has 0 N–H and O–H groups in total. The molecule has 0 aliphatic heterocycles. The molecule has 4 nitrogen and oxygen atoms in total. The van der Waals surface area contributed by atoms with Gasteiger partial charge in [0.25, 0.3) is 0 Å². The highest BCUT2D eigenvalue weighted by atomic mass is 79.9. The molecule has 0 spiro atoms. The van der Waals surface area contributed by atoms with Crippen LogP contribution in [0, 0.1) is 6.92 Å². The van der Waals surface area contributed by atoms with E-state index in [2.05, 4.69) is 15.9 Å². The van der Waals surface area contributed by atoms with Gasteiger partial charge in [-0.1, -0.05) is 0 Å². The summed E-state index contributed by atoms with van der Waals surface area (Å²) in [5, 5.41) is 0. The molecule has 2 rings (SSSR count). The SMILES string of the molecule is Cc1ccc(S(=O)(=O)c2ccc(S(C)(=O)=O)c(Br)c2)s1. The van der Waals surface area contributed by atoms with Gasteiger partial charge in [-0.25, -0.2) is 16.8 Å². The van der Waals surface area contributed by atoms with Crippen molar-refractivity contribution in [3.8, 4) is 0 Å². The van der Waals surface area contributed by atoms with Crippen LogP contribution in [-0.2, 0) is 19.7 Å². The van der Waals surface area contributed by atoms with Crippen molar-refractivity contribution in [3.05, 3.63) is 39.7 Å². The predicted octanol–water partition coefficient (Wildman–Crippen LogP) is 3.06. The number of sulfone groups is 2. The molecule has 108 valence electrons. The van der Waals surface area contributed by atoms with Crippen LogP contribution in [0.3, 0.4) is 0 Å². The fourth-order valence-electron chi connectivity index (χ4n) is 1.62. The summed E-state index contributed by atoms with van der Waals surface area (Å²) in [4.78, 5) is 1.04. The van der Waals surface area contributed by atoms with Crippen molar-refractivity contribution in [2.45, 2.75) is 20.9 Å². The molecular formula is C12H11BrO4S3. The molecule has 2 aromatic rings. The predicted molar refractivity (Wildman–Crippen MR) is 81.8 cm³/mol. The third kappa shape index (κ3) is 2.98. The molecule has 0 amide bonds. The number of aryl methyl sites for hydroxylation is 1. The first-order chi connectivity index (χ1) is 9.12. The van der Waals surface area contributed by atoms with Gasteiger partial charge in [-0.05, 0) is 53.2 Å². The van der Waals surface area contributed by atoms with E-state index in [1.54, 1.807) is 12.1 Å². The van der Waals surface area contributed by atoms with Crippen LogP contribution in [0.4, 0.5) is 0 Å². The van der Waals surface area contributed by atoms with E-state index in [9.17, 15) is 16.8 Å². The monoisotopic (exact) mass is 394 g/mol. The van der Waals surface area contributed by atoms with Gasteiger partial charge in [0.15, 0.2) is 9.84 Å². The van der Waals surface area contributed by atoms with Gasteiger partial charge in [0.2, 0.25) is 9.84 Å². The van der Waals surface area contributed by atoms with Gasteiger partial charge < -0.3 is 0 Å². The maximum Gasteiger partial charge on any atom is 0.216 e. The van der Waals surface area contributed by atoms with Crippen LogP contribution in [0.25, 0.3) is 0 Å². The lowest BCUT2D eigenvalue weighted by Crippen LogP contribution is -2.03. The first-order valence-corrected chi connectivity index (χ1v) is 10.4. The Balaban J connectivity index is 2.58. The van der Waals surface area contributed by atoms with Crippen molar-refractivity contribution in [3.63, 3.8) is 0 Å². The van der Waals surface area contributed by atoms with E-state index in [0.717, 1.165) is 11.1 Å². The summed E-state index contributed by atoms with van der Waals surface area (Å²) in [5.74, 6) is 0. The van der Waals surface area contributed by atoms with Gasteiger partial charge in [0, 0.05) is 15.6 Å². The number of benzene rings is 1. The molecule has 1 heterocycles. The molecule has 0 unspecified atom stereocenters. The molecule has 0 saturated heterocycles. The van der Waals surface area contributed by atoms with Crippen LogP contribution in [0.2, 0.25) is 0 Å². The average Bonchev–Trinajstić information content (AvgIpc) is 2.74. The topological polar surface area (TPSA) is 68.3 Å². The van der Waals surface area contributed by atoms with Crippen LogP contribution in [0.15, 0.2) is 48.8 Å². The molecule has 0 atom stereocenters. The number of rotatable bonds is 3. The summed E-state index contributed by atoms with van der Waals surface area (Å²) in [6, 6.07) is 7.21. The summed E-state index contributed by atoms with van der Waals surface area (Å²) in [6.45, 7) is 1.83. The van der Waals surface area contributed by atoms with Crippen molar-refractivity contribution in [1.82, 2.24) is 0 Å². The van der Waals surface area contributed by atoms with E-state index >= 15 is 0 Å². The second-order valence-corrected chi connectivity index (χ2v) is 10.5. The molecule has 8 heteroatoms. The molecule has 20 heavy (non-hydrogen) atoms. The van der Waals surface area contributed by atoms with Crippen LogP contribution < -0.4 is 0 Å². The smallest absolute Gasteiger partial charge is 0.216 e. The lowest BCUT2D eigenvalue weighted by molar-refractivity contribution is 0.595. The Morgan fingerprint density at radius 1 is 1.05 bits per heavy atom. The largest absolute Gasteiger partial charge is 0.224 e. The van der Waals surface area contributed by atoms with Crippen LogP contribution in [-0.4, -0.2) is 23.1 Å². The van der Waals surface area contributed by atoms with E-state index in [1.807, 2.05) is 6.92 Å². The molecule has 1 aromatic heterocycles. The zero-order chi connectivity index (χ0) is 15.1. The van der Waals surface area contributed by atoms with E-state index in [0.29, 0.717) is 0 Å². The summed E-state index contributed by atoms with van der Waals surface area (Å²) < 4.78 is 48.3. The fourth-order valence-corrected chi connectivity index (χ4v) is 6.47. The van der Waals surface area contributed by atoms with Crippen molar-refractivity contribution in [1.29, 1.82) is 0 Å². The van der Waals surface area contributed by atoms with E-state index in [1.165, 1.54) is 29.5 Å². The maximum atomic E-state index is 12.4. The molecule has 0 saturated carbocycles. The molecule has 0 fully saturated rings. The van der Waals surface area contributed by atoms with Gasteiger partial charge in [0.1, 0.15) is 4.21 Å². The Hall–Kier alpha value is -0.700. The summed E-state index contributed by atoms with van der Waals surface area (Å²) >= 11 is 4.30. The number of hydrogen-bond donors (Lipinski definition) is 0. The minimum absolute atomic E-state index is 0.0682. The lowest BCUT2D eigenvalue weighted by atomic mass is 10.4. The van der Waals surface area contributed by atoms with E-state index in [4.69, 9.17) is 0 Å². The first-order valence-electron chi connectivity index (χ1n) is 5.43. The summed E-state index contributed by atoms with van der Waals surface area (Å²) in [7, 11) is -7.00. The number of halogens is 1. The number of hydrogen-bond acceptors (Lipinski definition) is 5. The quantitative estimate of drug-likeness (QED) is 0.801. The standard InChI is InChI=1S/C12H11BrO4S3/c1-8-3-6-12(18-8)20(16,17)9-4-5-11(10(13)7-9)19(2,14)15/h3-7H,1-2H3. The summed E-state index contributed by atoms with van der Waals surface area (Å²) in [5.41, 5.74) is 0. The van der Waals surface area contributed by atoms with Gasteiger partial charge in [-0.2, -0.15) is 0 Å². The van der Waals surface area contributed by atoms with Gasteiger partial charge >= 0.3 is 0 Å². The Bertz CT molecular complexity index is 864. The molecule has 0 aliphatic carbocycles. The number of thiophene rings is 1. The van der Waals surface area contributed by atoms with Crippen LogP contribution in [0.5, 0.6) is 0 Å². The molecule has 0 radical (unpaired) electrons. The fraction of sp³-hybridized carbons (Fsp3) is 0.167. The van der Waals surface area contributed by atoms with Crippen LogP contribution >= 0.6 is 27.3 Å². The Morgan fingerprint density at radius 2 is 1.70 bits per heavy atom. The van der Waals surface area contributed by atoms with Crippen molar-refractivity contribution in [2.75, 3.05) is 6.26 Å². The minimum Gasteiger partial charge on any atom is -0.224 e. The second kappa shape index (κ2) is 5.25. The van der Waals surface area contributed by atoms with Gasteiger partial charge in [0.05, 0.1) is 9.79 Å². The second-order valence-electron chi connectivity index (χ2n) is 4.23. The highest BCUT2D eigenvalue weighted by Crippen LogP contribution is 2.31. The zero-order valence-electron chi connectivity index (χ0n) is 10.6. The molecule has 1 aromatic carbocycles. The van der Waals surface area contributed by atoms with Gasteiger partial charge in [-0.3, -0.25) is 0 Å². The van der Waals surface area contributed by atoms with Crippen molar-refractivity contribution in [2.24, 2.45) is 0 Å². The summed E-state index contributed by atoms with van der Waals surface area (Å²) in [6.07, 6.45) is 1.07. The minimum atomic E-state index is -3.61. The van der Waals surface area contributed by atoms with Crippen LogP contribution in [0.1, 0.15) is 4.88 Å². The molecule has 0 bridgehead atoms. The van der Waals surface area contributed by atoms with E-state index < -0.39 is 19.7 Å². The highest BCUT2D eigenvalue weighted by Gasteiger charge is 2.22. The highest BCUT2D eigenvalue weighted by molar-refractivity contribution is 9.10. The van der Waals surface area contributed by atoms with E-state index in [-0.39, 0.29) is 18.5 Å². The first kappa shape index (κ1) is 15.7. The Kier molecular flexibility index (Phi) is 4.12. The maximum absolute atomic E-state index is 12.4. The van der Waals surface area contributed by atoms with Crippen molar-refractivity contribution >= 4 is 46.9 Å². The molecule has 0 aliphatic rings. The lowest BCUT2D eigenvalue weighted by Gasteiger charge is -2.06. The Labute approximate surface area is 130 Å². The van der Waals surface area contributed by atoms with Crippen molar-refractivity contribution < 1.29 is 16.8 Å². The molecular weight excluding hydrogens is 384 g/mol. The average molecular weight is 395 g/mol.